The summed E-state index contributed by atoms with van der Waals surface area (Å²) < 4.78 is 0. The van der Waals surface area contributed by atoms with E-state index in [2.05, 4.69) is 10.3 Å². The van der Waals surface area contributed by atoms with E-state index in [4.69, 9.17) is 16.9 Å². The molecule has 0 saturated heterocycles. The van der Waals surface area contributed by atoms with Gasteiger partial charge in [-0.05, 0) is 32.0 Å². The first-order chi connectivity index (χ1) is 8.60. The maximum atomic E-state index is 8.79. The number of aryl methyl sites for hydroxylation is 2. The van der Waals surface area contributed by atoms with E-state index in [1.807, 2.05) is 26.0 Å². The fourth-order valence-electron chi connectivity index (χ4n) is 1.64. The van der Waals surface area contributed by atoms with Crippen molar-refractivity contribution in [1.29, 1.82) is 5.26 Å². The lowest BCUT2D eigenvalue weighted by atomic mass is 10.2. The molecule has 18 heavy (non-hydrogen) atoms. The lowest BCUT2D eigenvalue weighted by Crippen LogP contribution is -1.99. The Labute approximate surface area is 115 Å². The van der Waals surface area contributed by atoms with Crippen LogP contribution in [0, 0.1) is 25.2 Å². The third kappa shape index (κ3) is 2.81. The highest BCUT2D eigenvalue weighted by Crippen LogP contribution is 2.22. The summed E-state index contributed by atoms with van der Waals surface area (Å²) in [4.78, 5) is 5.59. The topological polar surface area (TPSA) is 48.7 Å². The highest BCUT2D eigenvalue weighted by molar-refractivity contribution is 7.11. The monoisotopic (exact) mass is 277 g/mol. The molecule has 1 aromatic carbocycles. The van der Waals surface area contributed by atoms with E-state index >= 15 is 0 Å². The van der Waals surface area contributed by atoms with Crippen LogP contribution in [0.5, 0.6) is 0 Å². The van der Waals surface area contributed by atoms with Gasteiger partial charge in [-0.1, -0.05) is 11.6 Å². The molecule has 0 spiro atoms. The van der Waals surface area contributed by atoms with Crippen molar-refractivity contribution in [2.45, 2.75) is 20.4 Å². The zero-order valence-corrected chi connectivity index (χ0v) is 11.7. The number of benzene rings is 1. The molecule has 0 unspecified atom stereocenters. The molecule has 2 aromatic rings. The number of thiazole rings is 1. The molecule has 0 radical (unpaired) electrons. The molecule has 0 aliphatic heterocycles. The van der Waals surface area contributed by atoms with Crippen LogP contribution in [0.1, 0.15) is 21.1 Å². The minimum atomic E-state index is 0.472. The molecule has 0 bridgehead atoms. The number of anilines is 1. The van der Waals surface area contributed by atoms with Gasteiger partial charge in [-0.25, -0.2) is 4.98 Å². The first-order valence-corrected chi connectivity index (χ1v) is 6.66. The summed E-state index contributed by atoms with van der Waals surface area (Å²) in [6.45, 7) is 4.73. The van der Waals surface area contributed by atoms with Gasteiger partial charge in [-0.2, -0.15) is 5.26 Å². The summed E-state index contributed by atoms with van der Waals surface area (Å²) >= 11 is 7.66. The highest BCUT2D eigenvalue weighted by atomic mass is 35.5. The second-order valence-corrected chi connectivity index (χ2v) is 5.60. The summed E-state index contributed by atoms with van der Waals surface area (Å²) in [5.74, 6) is 0. The molecular formula is C13H12ClN3S. The first-order valence-electron chi connectivity index (χ1n) is 5.46. The maximum Gasteiger partial charge on any atom is 0.101 e. The average molecular weight is 278 g/mol. The standard InChI is InChI=1S/C13H12ClN3S/c1-8-13(18-9(2)17-8)7-16-11-4-3-10(6-15)12(14)5-11/h3-5,16H,7H2,1-2H3. The van der Waals surface area contributed by atoms with E-state index in [1.54, 1.807) is 23.5 Å². The average Bonchev–Trinajstić information content (AvgIpc) is 2.65. The van der Waals surface area contributed by atoms with Crippen molar-refractivity contribution in [3.63, 3.8) is 0 Å². The molecule has 0 amide bonds. The van der Waals surface area contributed by atoms with Crippen molar-refractivity contribution >= 4 is 28.6 Å². The van der Waals surface area contributed by atoms with Crippen LogP contribution in [0.25, 0.3) is 0 Å². The summed E-state index contributed by atoms with van der Waals surface area (Å²) in [7, 11) is 0. The van der Waals surface area contributed by atoms with Gasteiger partial charge in [0.15, 0.2) is 0 Å². The van der Waals surface area contributed by atoms with Crippen molar-refractivity contribution in [2.75, 3.05) is 5.32 Å². The Kier molecular flexibility index (Phi) is 3.85. The second kappa shape index (κ2) is 5.38. The van der Waals surface area contributed by atoms with Crippen LogP contribution in [0.3, 0.4) is 0 Å². The molecule has 1 aromatic heterocycles. The number of aromatic nitrogens is 1. The molecule has 0 atom stereocenters. The quantitative estimate of drug-likeness (QED) is 0.926. The SMILES string of the molecule is Cc1nc(C)c(CNc2ccc(C#N)c(Cl)c2)s1. The summed E-state index contributed by atoms with van der Waals surface area (Å²) in [5, 5.41) is 13.6. The molecule has 0 fully saturated rings. The molecule has 92 valence electrons. The zero-order valence-electron chi connectivity index (χ0n) is 10.1. The Bertz CT molecular complexity index is 613. The smallest absolute Gasteiger partial charge is 0.101 e. The molecule has 0 aliphatic rings. The molecule has 0 aliphatic carbocycles. The number of nitriles is 1. The Morgan fingerprint density at radius 3 is 2.78 bits per heavy atom. The number of hydrogen-bond acceptors (Lipinski definition) is 4. The molecule has 1 N–H and O–H groups in total. The fraction of sp³-hybridized carbons (Fsp3) is 0.231. The van der Waals surface area contributed by atoms with E-state index in [1.165, 1.54) is 4.88 Å². The third-order valence-corrected chi connectivity index (χ3v) is 3.93. The molecule has 0 saturated carbocycles. The van der Waals surface area contributed by atoms with Crippen molar-refractivity contribution in [2.24, 2.45) is 0 Å². The molecule has 3 nitrogen and oxygen atoms in total. The van der Waals surface area contributed by atoms with Gasteiger partial charge in [-0.15, -0.1) is 11.3 Å². The number of nitrogens with zero attached hydrogens (tertiary/aromatic N) is 2. The minimum Gasteiger partial charge on any atom is -0.380 e. The van der Waals surface area contributed by atoms with Crippen LogP contribution in [0.2, 0.25) is 5.02 Å². The number of nitrogens with one attached hydrogen (secondary N) is 1. The summed E-state index contributed by atoms with van der Waals surface area (Å²) in [5.41, 5.74) is 2.46. The Morgan fingerprint density at radius 2 is 2.22 bits per heavy atom. The van der Waals surface area contributed by atoms with Gasteiger partial charge in [0.1, 0.15) is 6.07 Å². The molecular weight excluding hydrogens is 266 g/mol. The normalized spacial score (nSPS) is 10.1. The highest BCUT2D eigenvalue weighted by Gasteiger charge is 2.05. The van der Waals surface area contributed by atoms with Crippen LogP contribution in [0.4, 0.5) is 5.69 Å². The van der Waals surface area contributed by atoms with Crippen molar-refractivity contribution in [3.05, 3.63) is 44.4 Å². The second-order valence-electron chi connectivity index (χ2n) is 3.90. The third-order valence-electron chi connectivity index (χ3n) is 2.54. The van der Waals surface area contributed by atoms with E-state index in [0.717, 1.165) is 22.9 Å². The van der Waals surface area contributed by atoms with Crippen LogP contribution in [-0.2, 0) is 6.54 Å². The number of rotatable bonds is 3. The van der Waals surface area contributed by atoms with Crippen LogP contribution in [0.15, 0.2) is 18.2 Å². The van der Waals surface area contributed by atoms with E-state index < -0.39 is 0 Å². The van der Waals surface area contributed by atoms with Gasteiger partial charge in [-0.3, -0.25) is 0 Å². The maximum absolute atomic E-state index is 8.79. The van der Waals surface area contributed by atoms with Gasteiger partial charge in [0, 0.05) is 10.6 Å². The molecule has 5 heteroatoms. The number of hydrogen-bond donors (Lipinski definition) is 1. The van der Waals surface area contributed by atoms with Crippen LogP contribution in [-0.4, -0.2) is 4.98 Å². The fourth-order valence-corrected chi connectivity index (χ4v) is 2.74. The van der Waals surface area contributed by atoms with Gasteiger partial charge < -0.3 is 5.32 Å². The molecule has 1 heterocycles. The van der Waals surface area contributed by atoms with Crippen LogP contribution >= 0.6 is 22.9 Å². The predicted molar refractivity (Wildman–Crippen MR) is 75.1 cm³/mol. The van der Waals surface area contributed by atoms with Gasteiger partial charge in [0.2, 0.25) is 0 Å². The lowest BCUT2D eigenvalue weighted by Gasteiger charge is -2.06. The van der Waals surface area contributed by atoms with Crippen molar-refractivity contribution in [3.8, 4) is 6.07 Å². The zero-order chi connectivity index (χ0) is 13.1. The summed E-state index contributed by atoms with van der Waals surface area (Å²) in [6.07, 6.45) is 0. The van der Waals surface area contributed by atoms with Crippen LogP contribution < -0.4 is 5.32 Å². The van der Waals surface area contributed by atoms with E-state index in [0.29, 0.717) is 10.6 Å². The van der Waals surface area contributed by atoms with E-state index in [9.17, 15) is 0 Å². The van der Waals surface area contributed by atoms with Gasteiger partial charge in [0.25, 0.3) is 0 Å². The first kappa shape index (κ1) is 12.9. The lowest BCUT2D eigenvalue weighted by molar-refractivity contribution is 1.11. The number of halogens is 1. The minimum absolute atomic E-state index is 0.472. The predicted octanol–water partition coefficient (Wildman–Crippen LogP) is 3.90. The van der Waals surface area contributed by atoms with Gasteiger partial charge >= 0.3 is 0 Å². The van der Waals surface area contributed by atoms with E-state index in [-0.39, 0.29) is 0 Å². The van der Waals surface area contributed by atoms with Gasteiger partial charge in [0.05, 0.1) is 27.8 Å². The largest absolute Gasteiger partial charge is 0.380 e. The Hall–Kier alpha value is -1.57. The summed E-state index contributed by atoms with van der Waals surface area (Å²) in [6, 6.07) is 7.38. The van der Waals surface area contributed by atoms with Crippen molar-refractivity contribution in [1.82, 2.24) is 4.98 Å². The Balaban J connectivity index is 2.09. The van der Waals surface area contributed by atoms with Crippen molar-refractivity contribution < 1.29 is 0 Å². The Morgan fingerprint density at radius 1 is 1.44 bits per heavy atom. The molecule has 2 rings (SSSR count).